The normalized spacial score (nSPS) is 17.2. The Morgan fingerprint density at radius 3 is 2.76 bits per heavy atom. The fourth-order valence-electron chi connectivity index (χ4n) is 2.26. The molecule has 0 atom stereocenters. The molecule has 1 aliphatic rings. The topological polar surface area (TPSA) is 29.1 Å². The minimum Gasteiger partial charge on any atom is -0.385 e. The molecule has 0 aliphatic heterocycles. The molecular weight excluding hydrogens is 234 g/mol. The number of hydrogen-bond donors (Lipinski definition) is 1. The summed E-state index contributed by atoms with van der Waals surface area (Å²) < 4.78 is 0. The standard InChI is InChI=1S/C14H18ClNO/c1-10-13(15)3-2-4-14(10)16-9-11-5-7-12(17)8-6-11/h2-4,11,16H,5-9H2,1H3. The second kappa shape index (κ2) is 5.54. The smallest absolute Gasteiger partial charge is 0.132 e. The van der Waals surface area contributed by atoms with Gasteiger partial charge < -0.3 is 5.32 Å². The third-order valence-corrected chi connectivity index (χ3v) is 3.92. The van der Waals surface area contributed by atoms with Crippen molar-refractivity contribution in [2.45, 2.75) is 32.6 Å². The Morgan fingerprint density at radius 2 is 2.06 bits per heavy atom. The molecule has 0 saturated heterocycles. The predicted molar refractivity (Wildman–Crippen MR) is 71.6 cm³/mol. The van der Waals surface area contributed by atoms with Gasteiger partial charge in [-0.2, -0.15) is 0 Å². The lowest BCUT2D eigenvalue weighted by Crippen LogP contribution is -2.21. The van der Waals surface area contributed by atoms with Gasteiger partial charge in [-0.3, -0.25) is 4.79 Å². The van der Waals surface area contributed by atoms with Crippen LogP contribution in [0.25, 0.3) is 0 Å². The van der Waals surface area contributed by atoms with Gasteiger partial charge in [-0.25, -0.2) is 0 Å². The average Bonchev–Trinajstić information content (AvgIpc) is 2.33. The second-order valence-corrected chi connectivity index (χ2v) is 5.18. The van der Waals surface area contributed by atoms with Crippen LogP contribution in [0.2, 0.25) is 5.02 Å². The molecule has 3 heteroatoms. The minimum atomic E-state index is 0.417. The number of nitrogens with one attached hydrogen (secondary N) is 1. The van der Waals surface area contributed by atoms with Crippen molar-refractivity contribution in [3.63, 3.8) is 0 Å². The fraction of sp³-hybridized carbons (Fsp3) is 0.500. The maximum atomic E-state index is 11.1. The van der Waals surface area contributed by atoms with E-state index in [2.05, 4.69) is 11.4 Å². The van der Waals surface area contributed by atoms with Gasteiger partial charge in [0.2, 0.25) is 0 Å². The summed E-state index contributed by atoms with van der Waals surface area (Å²) in [5, 5.41) is 4.24. The molecule has 2 rings (SSSR count). The van der Waals surface area contributed by atoms with E-state index >= 15 is 0 Å². The van der Waals surface area contributed by atoms with E-state index in [-0.39, 0.29) is 0 Å². The first kappa shape index (κ1) is 12.4. The average molecular weight is 252 g/mol. The van der Waals surface area contributed by atoms with Gasteiger partial charge in [0.15, 0.2) is 0 Å². The Balaban J connectivity index is 1.89. The van der Waals surface area contributed by atoms with E-state index in [1.807, 2.05) is 19.1 Å². The highest BCUT2D eigenvalue weighted by molar-refractivity contribution is 6.31. The van der Waals surface area contributed by atoms with Crippen molar-refractivity contribution < 1.29 is 4.79 Å². The van der Waals surface area contributed by atoms with Crippen molar-refractivity contribution in [1.29, 1.82) is 0 Å². The van der Waals surface area contributed by atoms with Gasteiger partial charge in [-0.1, -0.05) is 17.7 Å². The van der Waals surface area contributed by atoms with Gasteiger partial charge in [0.25, 0.3) is 0 Å². The Labute approximate surface area is 107 Å². The lowest BCUT2D eigenvalue weighted by molar-refractivity contribution is -0.120. The van der Waals surface area contributed by atoms with E-state index in [1.165, 1.54) is 0 Å². The first-order chi connectivity index (χ1) is 8.16. The van der Waals surface area contributed by atoms with Crippen LogP contribution in [0.4, 0.5) is 5.69 Å². The monoisotopic (exact) mass is 251 g/mol. The van der Waals surface area contributed by atoms with Crippen LogP contribution in [0, 0.1) is 12.8 Å². The summed E-state index contributed by atoms with van der Waals surface area (Å²) in [6.07, 6.45) is 3.54. The molecule has 0 unspecified atom stereocenters. The number of ketones is 1. The molecule has 1 aromatic rings. The zero-order chi connectivity index (χ0) is 12.3. The molecule has 1 saturated carbocycles. The number of benzene rings is 1. The van der Waals surface area contributed by atoms with Crippen molar-refractivity contribution in [2.75, 3.05) is 11.9 Å². The first-order valence-electron chi connectivity index (χ1n) is 6.17. The van der Waals surface area contributed by atoms with Gasteiger partial charge in [0.1, 0.15) is 5.78 Å². The van der Waals surface area contributed by atoms with Gasteiger partial charge in [-0.05, 0) is 43.4 Å². The number of anilines is 1. The summed E-state index contributed by atoms with van der Waals surface area (Å²) in [5.74, 6) is 1.03. The third-order valence-electron chi connectivity index (χ3n) is 3.51. The molecule has 0 bridgehead atoms. The molecule has 1 N–H and O–H groups in total. The summed E-state index contributed by atoms with van der Waals surface area (Å²) in [7, 11) is 0. The van der Waals surface area contributed by atoms with Crippen LogP contribution in [-0.4, -0.2) is 12.3 Å². The number of rotatable bonds is 3. The lowest BCUT2D eigenvalue weighted by atomic mass is 9.88. The SMILES string of the molecule is Cc1c(Cl)cccc1NCC1CCC(=O)CC1. The molecule has 0 amide bonds. The highest BCUT2D eigenvalue weighted by Crippen LogP contribution is 2.25. The van der Waals surface area contributed by atoms with E-state index in [1.54, 1.807) is 0 Å². The van der Waals surface area contributed by atoms with Gasteiger partial charge in [0, 0.05) is 30.1 Å². The molecule has 0 aromatic heterocycles. The molecule has 2 nitrogen and oxygen atoms in total. The van der Waals surface area contributed by atoms with Crippen molar-refractivity contribution in [3.05, 3.63) is 28.8 Å². The van der Waals surface area contributed by atoms with E-state index in [9.17, 15) is 4.79 Å². The van der Waals surface area contributed by atoms with Gasteiger partial charge in [-0.15, -0.1) is 0 Å². The predicted octanol–water partition coefficient (Wildman–Crippen LogP) is 3.82. The molecule has 0 spiro atoms. The van der Waals surface area contributed by atoms with Crippen molar-refractivity contribution in [3.8, 4) is 0 Å². The van der Waals surface area contributed by atoms with Crippen LogP contribution in [0.15, 0.2) is 18.2 Å². The Kier molecular flexibility index (Phi) is 4.06. The van der Waals surface area contributed by atoms with E-state index in [4.69, 9.17) is 11.6 Å². The largest absolute Gasteiger partial charge is 0.385 e. The van der Waals surface area contributed by atoms with Crippen LogP contribution >= 0.6 is 11.6 Å². The highest BCUT2D eigenvalue weighted by atomic mass is 35.5. The number of carbonyl (C=O) groups is 1. The maximum absolute atomic E-state index is 11.1. The summed E-state index contributed by atoms with van der Waals surface area (Å²) in [4.78, 5) is 11.1. The molecule has 17 heavy (non-hydrogen) atoms. The van der Waals surface area contributed by atoms with Gasteiger partial charge in [0.05, 0.1) is 0 Å². The number of hydrogen-bond acceptors (Lipinski definition) is 2. The fourth-order valence-corrected chi connectivity index (χ4v) is 2.43. The Bertz CT molecular complexity index is 407. The first-order valence-corrected chi connectivity index (χ1v) is 6.55. The molecule has 1 aromatic carbocycles. The van der Waals surface area contributed by atoms with E-state index < -0.39 is 0 Å². The molecule has 0 radical (unpaired) electrons. The Hall–Kier alpha value is -1.02. The number of carbonyl (C=O) groups excluding carboxylic acids is 1. The van der Waals surface area contributed by atoms with Crippen LogP contribution in [-0.2, 0) is 4.79 Å². The van der Waals surface area contributed by atoms with E-state index in [0.29, 0.717) is 11.7 Å². The molecule has 92 valence electrons. The lowest BCUT2D eigenvalue weighted by Gasteiger charge is -2.22. The molecule has 1 aliphatic carbocycles. The summed E-state index contributed by atoms with van der Waals surface area (Å²) >= 11 is 6.07. The van der Waals surface area contributed by atoms with Crippen LogP contribution in [0.1, 0.15) is 31.2 Å². The summed E-state index contributed by atoms with van der Waals surface area (Å²) in [6.45, 7) is 2.96. The molecule has 0 heterocycles. The third kappa shape index (κ3) is 3.22. The Morgan fingerprint density at radius 1 is 1.35 bits per heavy atom. The van der Waals surface area contributed by atoms with Crippen LogP contribution in [0.3, 0.4) is 0 Å². The van der Waals surface area contributed by atoms with Gasteiger partial charge >= 0.3 is 0 Å². The van der Waals surface area contributed by atoms with E-state index in [0.717, 1.165) is 48.5 Å². The van der Waals surface area contributed by atoms with Crippen LogP contribution < -0.4 is 5.32 Å². The number of halogens is 1. The second-order valence-electron chi connectivity index (χ2n) is 4.78. The minimum absolute atomic E-state index is 0.417. The van der Waals surface area contributed by atoms with Crippen molar-refractivity contribution in [1.82, 2.24) is 0 Å². The summed E-state index contributed by atoms with van der Waals surface area (Å²) in [5.41, 5.74) is 2.20. The molecular formula is C14H18ClNO. The highest BCUT2D eigenvalue weighted by Gasteiger charge is 2.18. The van der Waals surface area contributed by atoms with Crippen molar-refractivity contribution >= 4 is 23.1 Å². The zero-order valence-electron chi connectivity index (χ0n) is 10.1. The summed E-state index contributed by atoms with van der Waals surface area (Å²) in [6, 6.07) is 5.92. The molecule has 1 fully saturated rings. The zero-order valence-corrected chi connectivity index (χ0v) is 10.9. The number of Topliss-reactive ketones (excluding diaryl/α,β-unsaturated/α-hetero) is 1. The van der Waals surface area contributed by atoms with Crippen LogP contribution in [0.5, 0.6) is 0 Å². The quantitative estimate of drug-likeness (QED) is 0.885. The maximum Gasteiger partial charge on any atom is 0.132 e. The van der Waals surface area contributed by atoms with Crippen molar-refractivity contribution in [2.24, 2.45) is 5.92 Å².